The predicted octanol–water partition coefficient (Wildman–Crippen LogP) is 2.04. The van der Waals surface area contributed by atoms with Gasteiger partial charge in [-0.25, -0.2) is 4.98 Å². The molecule has 3 N–H and O–H groups in total. The minimum atomic E-state index is 0.212. The van der Waals surface area contributed by atoms with E-state index in [1.54, 1.807) is 6.20 Å². The van der Waals surface area contributed by atoms with Crippen LogP contribution in [0.5, 0.6) is 5.75 Å². The summed E-state index contributed by atoms with van der Waals surface area (Å²) >= 11 is 0. The van der Waals surface area contributed by atoms with Crippen LogP contribution >= 0.6 is 0 Å². The zero-order chi connectivity index (χ0) is 15.4. The van der Waals surface area contributed by atoms with E-state index >= 15 is 0 Å². The normalized spacial score (nSPS) is 19.4. The summed E-state index contributed by atoms with van der Waals surface area (Å²) in [5.74, 6) is 1.43. The van der Waals surface area contributed by atoms with Gasteiger partial charge in [0.05, 0.1) is 0 Å². The molecule has 1 aromatic heterocycles. The molecule has 5 nitrogen and oxygen atoms in total. The smallest absolute Gasteiger partial charge is 0.131 e. The van der Waals surface area contributed by atoms with Gasteiger partial charge in [0.2, 0.25) is 0 Å². The lowest BCUT2D eigenvalue weighted by Gasteiger charge is -2.32. The fourth-order valence-corrected chi connectivity index (χ4v) is 3.05. The lowest BCUT2D eigenvalue weighted by molar-refractivity contribution is 0.0842. The summed E-state index contributed by atoms with van der Waals surface area (Å²) < 4.78 is 6.15. The fraction of sp³-hybridized carbons (Fsp3) is 0.471. The van der Waals surface area contributed by atoms with Crippen LogP contribution in [-0.2, 0) is 0 Å². The molecule has 0 spiro atoms. The Labute approximate surface area is 130 Å². The van der Waals surface area contributed by atoms with Gasteiger partial charge < -0.3 is 15.6 Å². The summed E-state index contributed by atoms with van der Waals surface area (Å²) in [6.07, 6.45) is 4.98. The van der Waals surface area contributed by atoms with Crippen molar-refractivity contribution in [3.8, 4) is 5.75 Å². The molecule has 5 heteroatoms. The molecule has 2 heterocycles. The summed E-state index contributed by atoms with van der Waals surface area (Å²) in [5.41, 5.74) is 5.88. The minimum Gasteiger partial charge on any atom is -0.489 e. The van der Waals surface area contributed by atoms with Crippen molar-refractivity contribution in [1.82, 2.24) is 9.88 Å². The molecule has 1 saturated heterocycles. The summed E-state index contributed by atoms with van der Waals surface area (Å²) in [4.78, 5) is 6.47. The molecule has 0 aliphatic carbocycles. The molecule has 1 fully saturated rings. The molecule has 2 aromatic rings. The summed E-state index contributed by atoms with van der Waals surface area (Å²) in [6, 6.07) is 7.92. The fourth-order valence-electron chi connectivity index (χ4n) is 3.05. The molecule has 1 aliphatic rings. The van der Waals surface area contributed by atoms with Gasteiger partial charge in [0, 0.05) is 31.3 Å². The first-order valence-electron chi connectivity index (χ1n) is 7.90. The van der Waals surface area contributed by atoms with Crippen molar-refractivity contribution in [3.63, 3.8) is 0 Å². The predicted molar refractivity (Wildman–Crippen MR) is 87.9 cm³/mol. The maximum Gasteiger partial charge on any atom is 0.131 e. The van der Waals surface area contributed by atoms with Crippen LogP contribution in [0.4, 0.5) is 5.82 Å². The quantitative estimate of drug-likeness (QED) is 0.884. The van der Waals surface area contributed by atoms with E-state index in [1.807, 2.05) is 24.3 Å². The third-order valence-corrected chi connectivity index (χ3v) is 4.16. The number of benzene rings is 1. The molecular weight excluding hydrogens is 278 g/mol. The van der Waals surface area contributed by atoms with Crippen molar-refractivity contribution >= 4 is 16.6 Å². The average molecular weight is 301 g/mol. The summed E-state index contributed by atoms with van der Waals surface area (Å²) in [7, 11) is 0. The van der Waals surface area contributed by atoms with Gasteiger partial charge in [0.1, 0.15) is 17.7 Å². The molecule has 1 aliphatic heterocycles. The lowest BCUT2D eigenvalue weighted by Crippen LogP contribution is -2.41. The highest BCUT2D eigenvalue weighted by molar-refractivity contribution is 5.91. The van der Waals surface area contributed by atoms with E-state index in [0.717, 1.165) is 55.4 Å². The van der Waals surface area contributed by atoms with Crippen molar-refractivity contribution in [3.05, 3.63) is 30.5 Å². The number of rotatable bonds is 5. The Morgan fingerprint density at radius 1 is 1.36 bits per heavy atom. The second kappa shape index (κ2) is 6.94. The largest absolute Gasteiger partial charge is 0.489 e. The second-order valence-electron chi connectivity index (χ2n) is 5.84. The number of hydrogen-bond acceptors (Lipinski definition) is 5. The maximum atomic E-state index is 8.95. The number of pyridine rings is 1. The van der Waals surface area contributed by atoms with Crippen LogP contribution in [0.15, 0.2) is 30.5 Å². The number of ether oxygens (including phenoxy) is 1. The number of anilines is 1. The number of aliphatic hydroxyl groups is 1. The lowest BCUT2D eigenvalue weighted by atomic mass is 10.1. The first kappa shape index (κ1) is 15.1. The Morgan fingerprint density at radius 3 is 3.14 bits per heavy atom. The van der Waals surface area contributed by atoms with E-state index in [1.165, 1.54) is 0 Å². The van der Waals surface area contributed by atoms with Crippen molar-refractivity contribution in [2.24, 2.45) is 0 Å². The molecule has 0 amide bonds. The first-order valence-corrected chi connectivity index (χ1v) is 7.90. The van der Waals surface area contributed by atoms with Gasteiger partial charge in [-0.05, 0) is 55.5 Å². The average Bonchev–Trinajstić information content (AvgIpc) is 2.53. The van der Waals surface area contributed by atoms with Crippen molar-refractivity contribution < 1.29 is 9.84 Å². The zero-order valence-electron chi connectivity index (χ0n) is 12.7. The van der Waals surface area contributed by atoms with Gasteiger partial charge in [-0.3, -0.25) is 4.90 Å². The van der Waals surface area contributed by atoms with Gasteiger partial charge in [-0.1, -0.05) is 0 Å². The number of aliphatic hydroxyl groups excluding tert-OH is 1. The van der Waals surface area contributed by atoms with Crippen molar-refractivity contribution in [1.29, 1.82) is 0 Å². The Morgan fingerprint density at radius 2 is 2.27 bits per heavy atom. The molecule has 1 aromatic carbocycles. The number of aromatic nitrogens is 1. The zero-order valence-corrected chi connectivity index (χ0v) is 12.7. The van der Waals surface area contributed by atoms with Crippen LogP contribution in [0.3, 0.4) is 0 Å². The van der Waals surface area contributed by atoms with Gasteiger partial charge >= 0.3 is 0 Å². The van der Waals surface area contributed by atoms with Crippen LogP contribution in [-0.4, -0.2) is 47.3 Å². The molecule has 0 radical (unpaired) electrons. The van der Waals surface area contributed by atoms with E-state index < -0.39 is 0 Å². The molecule has 3 rings (SSSR count). The molecule has 118 valence electrons. The molecule has 1 atom stereocenters. The van der Waals surface area contributed by atoms with Crippen LogP contribution in [0.2, 0.25) is 0 Å². The Balaban J connectivity index is 1.67. The third-order valence-electron chi connectivity index (χ3n) is 4.16. The van der Waals surface area contributed by atoms with E-state index in [4.69, 9.17) is 15.6 Å². The number of nitrogens with zero attached hydrogens (tertiary/aromatic N) is 2. The van der Waals surface area contributed by atoms with Gasteiger partial charge in [0.15, 0.2) is 0 Å². The van der Waals surface area contributed by atoms with E-state index in [2.05, 4.69) is 9.88 Å². The van der Waals surface area contributed by atoms with Crippen molar-refractivity contribution in [2.75, 3.05) is 32.0 Å². The van der Waals surface area contributed by atoms with E-state index in [0.29, 0.717) is 5.82 Å². The topological polar surface area (TPSA) is 71.6 Å². The number of likely N-dealkylation sites (tertiary alicyclic amines) is 1. The standard InChI is InChI=1S/C17H23N3O2/c18-17-16-5-4-14(11-13(16)6-7-19-17)22-15-3-1-8-20(12-15)9-2-10-21/h4-7,11,15,21H,1-3,8-10,12H2,(H2,18,19). The number of piperidine rings is 1. The van der Waals surface area contributed by atoms with E-state index in [-0.39, 0.29) is 12.7 Å². The number of nitrogens with two attached hydrogens (primary N) is 1. The highest BCUT2D eigenvalue weighted by atomic mass is 16.5. The highest BCUT2D eigenvalue weighted by Gasteiger charge is 2.20. The Kier molecular flexibility index (Phi) is 4.75. The molecule has 0 bridgehead atoms. The van der Waals surface area contributed by atoms with E-state index in [9.17, 15) is 0 Å². The second-order valence-corrected chi connectivity index (χ2v) is 5.84. The number of nitrogen functional groups attached to an aromatic ring is 1. The SMILES string of the molecule is Nc1nccc2cc(OC3CCCN(CCCO)C3)ccc12. The molecule has 0 saturated carbocycles. The number of fused-ring (bicyclic) bond motifs is 1. The monoisotopic (exact) mass is 301 g/mol. The summed E-state index contributed by atoms with van der Waals surface area (Å²) in [5, 5.41) is 11.0. The minimum absolute atomic E-state index is 0.212. The summed E-state index contributed by atoms with van der Waals surface area (Å²) in [6.45, 7) is 3.22. The highest BCUT2D eigenvalue weighted by Crippen LogP contribution is 2.25. The molecule has 1 unspecified atom stereocenters. The van der Waals surface area contributed by atoms with Gasteiger partial charge in [-0.15, -0.1) is 0 Å². The Bertz CT molecular complexity index is 632. The molecular formula is C17H23N3O2. The van der Waals surface area contributed by atoms with Gasteiger partial charge in [0.25, 0.3) is 0 Å². The van der Waals surface area contributed by atoms with Crippen LogP contribution in [0.1, 0.15) is 19.3 Å². The van der Waals surface area contributed by atoms with Crippen LogP contribution in [0.25, 0.3) is 10.8 Å². The number of hydrogen-bond donors (Lipinski definition) is 2. The van der Waals surface area contributed by atoms with Crippen LogP contribution in [0, 0.1) is 0 Å². The maximum absolute atomic E-state index is 8.95. The van der Waals surface area contributed by atoms with Crippen molar-refractivity contribution in [2.45, 2.75) is 25.4 Å². The molecule has 22 heavy (non-hydrogen) atoms. The first-order chi connectivity index (χ1) is 10.8. The Hall–Kier alpha value is -1.85. The third kappa shape index (κ3) is 3.48. The van der Waals surface area contributed by atoms with Gasteiger partial charge in [-0.2, -0.15) is 0 Å². The van der Waals surface area contributed by atoms with Crippen LogP contribution < -0.4 is 10.5 Å².